The smallest absolute Gasteiger partial charge is 0.244 e. The van der Waals surface area contributed by atoms with Crippen LogP contribution in [0.2, 0.25) is 0 Å². The molecule has 0 heterocycles. The summed E-state index contributed by atoms with van der Waals surface area (Å²) in [4.78, 5) is 11.8. The number of hydrogen-bond donors (Lipinski definition) is 2. The molecule has 20 heavy (non-hydrogen) atoms. The van der Waals surface area contributed by atoms with Gasteiger partial charge in [-0.15, -0.1) is 0 Å². The number of nitrogens with one attached hydrogen (secondary N) is 1. The van der Waals surface area contributed by atoms with Crippen LogP contribution in [0.4, 0.5) is 5.69 Å². The van der Waals surface area contributed by atoms with Gasteiger partial charge < -0.3 is 11.1 Å². The molecule has 3 N–H and O–H groups in total. The van der Waals surface area contributed by atoms with Crippen LogP contribution in [-0.4, -0.2) is 5.91 Å². The van der Waals surface area contributed by atoms with Gasteiger partial charge in [0, 0.05) is 5.69 Å². The molecule has 2 rings (SSSR count). The number of nitrogens with two attached hydrogens (primary N) is 1. The average Bonchev–Trinajstić information content (AvgIpc) is 2.36. The fraction of sp³-hybridized carbons (Fsp3) is 0.235. The van der Waals surface area contributed by atoms with E-state index >= 15 is 0 Å². The molecule has 0 aliphatic rings. The Kier molecular flexibility index (Phi) is 4.08. The van der Waals surface area contributed by atoms with Crippen molar-refractivity contribution in [1.29, 1.82) is 0 Å². The number of benzene rings is 2. The molecule has 3 nitrogen and oxygen atoms in total. The molecule has 0 aliphatic heterocycles. The number of carbonyl (C=O) groups is 1. The lowest BCUT2D eigenvalue weighted by atomic mass is 10.00. The van der Waals surface area contributed by atoms with Crippen molar-refractivity contribution in [3.8, 4) is 0 Å². The van der Waals surface area contributed by atoms with Crippen LogP contribution >= 0.6 is 0 Å². The maximum atomic E-state index is 11.8. The summed E-state index contributed by atoms with van der Waals surface area (Å²) in [5.41, 5.74) is 10.7. The molecule has 1 amide bonds. The summed E-state index contributed by atoms with van der Waals surface area (Å²) in [6.45, 7) is 6.03. The third-order valence-electron chi connectivity index (χ3n) is 3.31. The molecule has 0 fully saturated rings. The van der Waals surface area contributed by atoms with Crippen LogP contribution < -0.4 is 11.1 Å². The minimum atomic E-state index is -0.519. The first-order chi connectivity index (χ1) is 9.47. The third-order valence-corrected chi connectivity index (χ3v) is 3.31. The summed E-state index contributed by atoms with van der Waals surface area (Å²) in [7, 11) is 0. The molecule has 2 aromatic rings. The summed E-state index contributed by atoms with van der Waals surface area (Å²) in [6.07, 6.45) is 0. The van der Waals surface area contributed by atoms with Gasteiger partial charge in [-0.05, 0) is 38.0 Å². The Morgan fingerprint density at radius 1 is 1.05 bits per heavy atom. The molecule has 0 radical (unpaired) electrons. The monoisotopic (exact) mass is 268 g/mol. The minimum Gasteiger partial charge on any atom is -0.370 e. The Balaban J connectivity index is 2.37. The lowest BCUT2D eigenvalue weighted by Gasteiger charge is -2.19. The fourth-order valence-electron chi connectivity index (χ4n) is 2.39. The van der Waals surface area contributed by atoms with Gasteiger partial charge in [-0.1, -0.05) is 47.5 Å². The highest BCUT2D eigenvalue weighted by Crippen LogP contribution is 2.23. The van der Waals surface area contributed by atoms with E-state index in [1.165, 1.54) is 0 Å². The van der Waals surface area contributed by atoms with Gasteiger partial charge in [0.15, 0.2) is 0 Å². The molecule has 104 valence electrons. The Morgan fingerprint density at radius 2 is 1.65 bits per heavy atom. The molecule has 1 unspecified atom stereocenters. The largest absolute Gasteiger partial charge is 0.370 e. The topological polar surface area (TPSA) is 55.1 Å². The van der Waals surface area contributed by atoms with Gasteiger partial charge in [0.2, 0.25) is 5.91 Å². The summed E-state index contributed by atoms with van der Waals surface area (Å²) in [6, 6.07) is 13.4. The van der Waals surface area contributed by atoms with E-state index in [-0.39, 0.29) is 5.91 Å². The highest BCUT2D eigenvalue weighted by molar-refractivity contribution is 5.84. The number of carbonyl (C=O) groups excluding carboxylic acids is 1. The van der Waals surface area contributed by atoms with Gasteiger partial charge in [-0.25, -0.2) is 0 Å². The molecule has 0 aliphatic carbocycles. The number of rotatable bonds is 4. The van der Waals surface area contributed by atoms with Crippen molar-refractivity contribution in [1.82, 2.24) is 0 Å². The second-order valence-corrected chi connectivity index (χ2v) is 5.22. The zero-order valence-corrected chi connectivity index (χ0v) is 12.1. The lowest BCUT2D eigenvalue weighted by Crippen LogP contribution is -2.28. The number of para-hydroxylation sites is 1. The quantitative estimate of drug-likeness (QED) is 0.894. The highest BCUT2D eigenvalue weighted by atomic mass is 16.1. The van der Waals surface area contributed by atoms with Gasteiger partial charge in [-0.3, -0.25) is 4.79 Å². The van der Waals surface area contributed by atoms with Crippen molar-refractivity contribution in [2.24, 2.45) is 5.73 Å². The Morgan fingerprint density at radius 3 is 2.20 bits per heavy atom. The zero-order valence-electron chi connectivity index (χ0n) is 12.1. The van der Waals surface area contributed by atoms with E-state index in [0.717, 1.165) is 27.9 Å². The van der Waals surface area contributed by atoms with Gasteiger partial charge in [0.1, 0.15) is 6.04 Å². The predicted molar refractivity (Wildman–Crippen MR) is 82.7 cm³/mol. The summed E-state index contributed by atoms with van der Waals surface area (Å²) >= 11 is 0. The zero-order chi connectivity index (χ0) is 14.7. The van der Waals surface area contributed by atoms with Crippen LogP contribution in [0.5, 0.6) is 0 Å². The standard InChI is InChI=1S/C17H20N2O/c1-11-8-12(2)10-14(9-11)16(17(18)20)19-15-7-5-4-6-13(15)3/h4-10,16,19H,1-3H3,(H2,18,20). The van der Waals surface area contributed by atoms with Crippen LogP contribution in [0.25, 0.3) is 0 Å². The van der Waals surface area contributed by atoms with Crippen LogP contribution in [0, 0.1) is 20.8 Å². The number of amides is 1. The van der Waals surface area contributed by atoms with E-state index < -0.39 is 6.04 Å². The molecule has 0 saturated carbocycles. The van der Waals surface area contributed by atoms with Gasteiger partial charge in [0.25, 0.3) is 0 Å². The second kappa shape index (κ2) is 5.78. The van der Waals surface area contributed by atoms with Crippen molar-refractivity contribution in [2.75, 3.05) is 5.32 Å². The minimum absolute atomic E-state index is 0.377. The maximum absolute atomic E-state index is 11.8. The van der Waals surface area contributed by atoms with E-state index in [1.54, 1.807) is 0 Å². The van der Waals surface area contributed by atoms with Gasteiger partial charge >= 0.3 is 0 Å². The Labute approximate surface area is 119 Å². The van der Waals surface area contributed by atoms with E-state index in [9.17, 15) is 4.79 Å². The van der Waals surface area contributed by atoms with Crippen molar-refractivity contribution in [3.63, 3.8) is 0 Å². The van der Waals surface area contributed by atoms with Crippen molar-refractivity contribution in [3.05, 3.63) is 64.7 Å². The molecule has 0 aromatic heterocycles. The van der Waals surface area contributed by atoms with Crippen LogP contribution in [0.15, 0.2) is 42.5 Å². The van der Waals surface area contributed by atoms with Crippen LogP contribution in [0.1, 0.15) is 28.3 Å². The first-order valence-corrected chi connectivity index (χ1v) is 6.67. The number of aryl methyl sites for hydroxylation is 3. The first kappa shape index (κ1) is 14.1. The SMILES string of the molecule is Cc1cc(C)cc(C(Nc2ccccc2C)C(N)=O)c1. The molecule has 1 atom stereocenters. The number of hydrogen-bond acceptors (Lipinski definition) is 2. The molecule has 2 aromatic carbocycles. The maximum Gasteiger partial charge on any atom is 0.244 e. The molecule has 3 heteroatoms. The number of primary amides is 1. The Hall–Kier alpha value is -2.29. The van der Waals surface area contributed by atoms with Gasteiger partial charge in [-0.2, -0.15) is 0 Å². The van der Waals surface area contributed by atoms with Crippen LogP contribution in [0.3, 0.4) is 0 Å². The lowest BCUT2D eigenvalue weighted by molar-refractivity contribution is -0.118. The second-order valence-electron chi connectivity index (χ2n) is 5.22. The molecule has 0 spiro atoms. The fourth-order valence-corrected chi connectivity index (χ4v) is 2.39. The van der Waals surface area contributed by atoms with E-state index in [4.69, 9.17) is 5.73 Å². The van der Waals surface area contributed by atoms with Gasteiger partial charge in [0.05, 0.1) is 0 Å². The number of anilines is 1. The van der Waals surface area contributed by atoms with Crippen molar-refractivity contribution in [2.45, 2.75) is 26.8 Å². The molecule has 0 saturated heterocycles. The van der Waals surface area contributed by atoms with E-state index in [0.29, 0.717) is 0 Å². The normalized spacial score (nSPS) is 11.9. The summed E-state index contributed by atoms with van der Waals surface area (Å²) < 4.78 is 0. The van der Waals surface area contributed by atoms with E-state index in [2.05, 4.69) is 11.4 Å². The highest BCUT2D eigenvalue weighted by Gasteiger charge is 2.18. The third kappa shape index (κ3) is 3.18. The van der Waals surface area contributed by atoms with Crippen molar-refractivity contribution >= 4 is 11.6 Å². The molecule has 0 bridgehead atoms. The average molecular weight is 268 g/mol. The first-order valence-electron chi connectivity index (χ1n) is 6.67. The predicted octanol–water partition coefficient (Wildman–Crippen LogP) is 3.25. The Bertz CT molecular complexity index is 614. The molecular weight excluding hydrogens is 248 g/mol. The summed E-state index contributed by atoms with van der Waals surface area (Å²) in [5, 5.41) is 3.24. The van der Waals surface area contributed by atoms with E-state index in [1.807, 2.05) is 57.2 Å². The van der Waals surface area contributed by atoms with Crippen molar-refractivity contribution < 1.29 is 4.79 Å². The van der Waals surface area contributed by atoms with Crippen LogP contribution in [-0.2, 0) is 4.79 Å². The summed E-state index contributed by atoms with van der Waals surface area (Å²) in [5.74, 6) is -0.377. The molecular formula is C17H20N2O.